The molecule has 0 radical (unpaired) electrons. The molecule has 200 valence electrons. The van der Waals surface area contributed by atoms with Crippen LogP contribution in [-0.2, 0) is 25.9 Å². The number of nitrogens with two attached hydrogens (primary N) is 1. The Bertz CT molecular complexity index is 1600. The second-order valence-electron chi connectivity index (χ2n) is 10.6. The Balaban J connectivity index is 1.14. The number of benzene rings is 4. The first-order chi connectivity index (χ1) is 19.6. The zero-order valence-corrected chi connectivity index (χ0v) is 22.5. The minimum Gasteiger partial charge on any atom is -0.367 e. The number of aryl methyl sites for hydroxylation is 2. The van der Waals surface area contributed by atoms with Crippen LogP contribution in [0.3, 0.4) is 0 Å². The van der Waals surface area contributed by atoms with Gasteiger partial charge in [0, 0.05) is 36.4 Å². The van der Waals surface area contributed by atoms with E-state index in [1.165, 1.54) is 27.9 Å². The Kier molecular flexibility index (Phi) is 7.19. The molecule has 6 rings (SSSR count). The van der Waals surface area contributed by atoms with E-state index in [0.717, 1.165) is 55.5 Å². The Morgan fingerprint density at radius 2 is 1.73 bits per heavy atom. The number of anilines is 1. The van der Waals surface area contributed by atoms with Crippen molar-refractivity contribution in [3.05, 3.63) is 130 Å². The number of carbonyl (C=O) groups excluding carboxylic acids is 2. The third-order valence-electron chi connectivity index (χ3n) is 7.98. The van der Waals surface area contributed by atoms with E-state index in [0.29, 0.717) is 17.7 Å². The van der Waals surface area contributed by atoms with Crippen LogP contribution >= 0.6 is 0 Å². The van der Waals surface area contributed by atoms with Gasteiger partial charge in [0.1, 0.15) is 0 Å². The summed E-state index contributed by atoms with van der Waals surface area (Å²) in [4.78, 5) is 27.3. The van der Waals surface area contributed by atoms with Crippen molar-refractivity contribution in [2.45, 2.75) is 38.8 Å². The van der Waals surface area contributed by atoms with Gasteiger partial charge in [0.2, 0.25) is 5.91 Å². The number of carbonyl (C=O) groups is 2. The molecule has 0 fully saturated rings. The molecule has 1 heterocycles. The standard InChI is InChI=1S/C35H33N3O2/c36-34(39)32-13-4-3-12-31(32)26-16-14-24(15-17-26)23-38-20-6-10-27-21-28(18-19-33(27)38)35(40)37-22-29-9-5-8-25-7-1-2-11-30(25)29/h2-5,8-9,11-19,21H,1,6-7,10,20,22-23H2,(H2,36,39)(H,37,40). The molecule has 5 nitrogen and oxygen atoms in total. The highest BCUT2D eigenvalue weighted by Crippen LogP contribution is 2.31. The predicted octanol–water partition coefficient (Wildman–Crippen LogP) is 6.29. The molecule has 1 aliphatic carbocycles. The average molecular weight is 528 g/mol. The van der Waals surface area contributed by atoms with E-state index >= 15 is 0 Å². The predicted molar refractivity (Wildman–Crippen MR) is 161 cm³/mol. The number of nitrogens with zero attached hydrogens (tertiary/aromatic N) is 1. The van der Waals surface area contributed by atoms with E-state index in [1.807, 2.05) is 24.3 Å². The number of allylic oxidation sites excluding steroid dienone is 1. The molecule has 2 aliphatic rings. The van der Waals surface area contributed by atoms with Crippen LogP contribution in [-0.4, -0.2) is 18.4 Å². The van der Waals surface area contributed by atoms with Crippen LogP contribution in [0.1, 0.15) is 61.4 Å². The van der Waals surface area contributed by atoms with Crippen LogP contribution < -0.4 is 16.0 Å². The molecule has 0 bridgehead atoms. The summed E-state index contributed by atoms with van der Waals surface area (Å²) in [5, 5.41) is 3.14. The Labute approximate surface area is 235 Å². The van der Waals surface area contributed by atoms with Crippen molar-refractivity contribution in [2.24, 2.45) is 5.73 Å². The summed E-state index contributed by atoms with van der Waals surface area (Å²) in [5.41, 5.74) is 16.0. The largest absolute Gasteiger partial charge is 0.367 e. The first-order valence-electron chi connectivity index (χ1n) is 14.0. The fourth-order valence-corrected chi connectivity index (χ4v) is 5.91. The third kappa shape index (κ3) is 5.28. The van der Waals surface area contributed by atoms with Crippen molar-refractivity contribution < 1.29 is 9.59 Å². The monoisotopic (exact) mass is 527 g/mol. The highest BCUT2D eigenvalue weighted by Gasteiger charge is 2.20. The molecule has 3 N–H and O–H groups in total. The number of amides is 2. The lowest BCUT2D eigenvalue weighted by Crippen LogP contribution is -2.29. The van der Waals surface area contributed by atoms with Gasteiger partial charge in [0.05, 0.1) is 0 Å². The number of fused-ring (bicyclic) bond motifs is 2. The second kappa shape index (κ2) is 11.2. The smallest absolute Gasteiger partial charge is 0.251 e. The Hall–Kier alpha value is -4.64. The molecule has 4 aromatic carbocycles. The number of rotatable bonds is 7. The molecule has 0 unspecified atom stereocenters. The summed E-state index contributed by atoms with van der Waals surface area (Å²) in [6, 6.07) is 28.2. The Morgan fingerprint density at radius 1 is 0.875 bits per heavy atom. The van der Waals surface area contributed by atoms with Gasteiger partial charge in [-0.15, -0.1) is 0 Å². The second-order valence-corrected chi connectivity index (χ2v) is 10.6. The van der Waals surface area contributed by atoms with Gasteiger partial charge >= 0.3 is 0 Å². The normalized spacial score (nSPS) is 13.8. The summed E-state index contributed by atoms with van der Waals surface area (Å²) >= 11 is 0. The van der Waals surface area contributed by atoms with Gasteiger partial charge in [-0.3, -0.25) is 9.59 Å². The lowest BCUT2D eigenvalue weighted by atomic mass is 9.93. The molecule has 0 spiro atoms. The van der Waals surface area contributed by atoms with Crippen molar-refractivity contribution in [3.8, 4) is 11.1 Å². The quantitative estimate of drug-likeness (QED) is 0.296. The van der Waals surface area contributed by atoms with Gasteiger partial charge in [-0.05, 0) is 88.9 Å². The van der Waals surface area contributed by atoms with Crippen LogP contribution in [0.15, 0.2) is 91.0 Å². The number of hydrogen-bond acceptors (Lipinski definition) is 3. The van der Waals surface area contributed by atoms with Gasteiger partial charge in [-0.2, -0.15) is 0 Å². The topological polar surface area (TPSA) is 75.4 Å². The van der Waals surface area contributed by atoms with Crippen molar-refractivity contribution in [1.82, 2.24) is 5.32 Å². The van der Waals surface area contributed by atoms with E-state index in [1.54, 1.807) is 6.07 Å². The molecular weight excluding hydrogens is 494 g/mol. The summed E-state index contributed by atoms with van der Waals surface area (Å²) in [6.45, 7) is 2.27. The first kappa shape index (κ1) is 25.6. The van der Waals surface area contributed by atoms with Gasteiger partial charge in [-0.1, -0.05) is 72.8 Å². The van der Waals surface area contributed by atoms with E-state index in [4.69, 9.17) is 5.73 Å². The molecule has 5 heteroatoms. The van der Waals surface area contributed by atoms with Gasteiger partial charge < -0.3 is 16.0 Å². The minimum atomic E-state index is -0.422. The van der Waals surface area contributed by atoms with E-state index in [-0.39, 0.29) is 5.91 Å². The van der Waals surface area contributed by atoms with Crippen molar-refractivity contribution in [3.63, 3.8) is 0 Å². The number of hydrogen-bond donors (Lipinski definition) is 2. The molecule has 0 saturated carbocycles. The van der Waals surface area contributed by atoms with Crippen molar-refractivity contribution >= 4 is 23.6 Å². The summed E-state index contributed by atoms with van der Waals surface area (Å²) in [6.07, 6.45) is 8.53. The third-order valence-corrected chi connectivity index (χ3v) is 7.98. The molecule has 0 atom stereocenters. The van der Waals surface area contributed by atoms with E-state index < -0.39 is 5.91 Å². The van der Waals surface area contributed by atoms with E-state index in [2.05, 4.69) is 77.0 Å². The minimum absolute atomic E-state index is 0.0378. The van der Waals surface area contributed by atoms with Gasteiger partial charge in [0.15, 0.2) is 0 Å². The highest BCUT2D eigenvalue weighted by molar-refractivity contribution is 5.99. The lowest BCUT2D eigenvalue weighted by Gasteiger charge is -2.32. The maximum atomic E-state index is 13.1. The molecule has 0 aromatic heterocycles. The fraction of sp³-hybridized carbons (Fsp3) is 0.200. The van der Waals surface area contributed by atoms with E-state index in [9.17, 15) is 9.59 Å². The van der Waals surface area contributed by atoms with Crippen LogP contribution in [0.2, 0.25) is 0 Å². The van der Waals surface area contributed by atoms with Crippen molar-refractivity contribution in [2.75, 3.05) is 11.4 Å². The SMILES string of the molecule is NC(=O)c1ccccc1-c1ccc(CN2CCCc3cc(C(=O)NCc4cccc5c4C=CCC5)ccc32)cc1. The van der Waals surface area contributed by atoms with Crippen LogP contribution in [0.25, 0.3) is 17.2 Å². The maximum Gasteiger partial charge on any atom is 0.251 e. The maximum absolute atomic E-state index is 13.1. The lowest BCUT2D eigenvalue weighted by molar-refractivity contribution is 0.0949. The molecule has 2 amide bonds. The Morgan fingerprint density at radius 3 is 2.58 bits per heavy atom. The molecule has 1 aliphatic heterocycles. The number of primary amides is 1. The highest BCUT2D eigenvalue weighted by atomic mass is 16.2. The van der Waals surface area contributed by atoms with Crippen LogP contribution in [0, 0.1) is 0 Å². The van der Waals surface area contributed by atoms with Gasteiger partial charge in [-0.25, -0.2) is 0 Å². The first-order valence-corrected chi connectivity index (χ1v) is 14.0. The molecule has 0 saturated heterocycles. The average Bonchev–Trinajstić information content (AvgIpc) is 3.00. The molecular formula is C35H33N3O2. The molecule has 40 heavy (non-hydrogen) atoms. The zero-order valence-electron chi connectivity index (χ0n) is 22.5. The van der Waals surface area contributed by atoms with Crippen molar-refractivity contribution in [1.29, 1.82) is 0 Å². The summed E-state index contributed by atoms with van der Waals surface area (Å²) < 4.78 is 0. The summed E-state index contributed by atoms with van der Waals surface area (Å²) in [5.74, 6) is -0.460. The number of nitrogens with one attached hydrogen (secondary N) is 1. The van der Waals surface area contributed by atoms with Gasteiger partial charge in [0.25, 0.3) is 5.91 Å². The van der Waals surface area contributed by atoms with Crippen LogP contribution in [0.4, 0.5) is 5.69 Å². The zero-order chi connectivity index (χ0) is 27.5. The molecule has 4 aromatic rings. The van der Waals surface area contributed by atoms with Crippen LogP contribution in [0.5, 0.6) is 0 Å². The fourth-order valence-electron chi connectivity index (χ4n) is 5.91. The summed E-state index contributed by atoms with van der Waals surface area (Å²) in [7, 11) is 0.